The lowest BCUT2D eigenvalue weighted by molar-refractivity contribution is -0.139. The zero-order valence-corrected chi connectivity index (χ0v) is 19.5. The van der Waals surface area contributed by atoms with E-state index in [1.807, 2.05) is 18.2 Å². The number of aliphatic hydroxyl groups is 1. The number of hydrogen-bond donors (Lipinski definition) is 1. The van der Waals surface area contributed by atoms with E-state index >= 15 is 0 Å². The molecule has 0 aliphatic carbocycles. The Kier molecular flexibility index (Phi) is 9.02. The maximum Gasteiger partial charge on any atom is 0.302 e. The van der Waals surface area contributed by atoms with Crippen molar-refractivity contribution in [3.63, 3.8) is 0 Å². The summed E-state index contributed by atoms with van der Waals surface area (Å²) in [6.07, 6.45) is 4.46. The number of ether oxygens (including phenoxy) is 1. The summed E-state index contributed by atoms with van der Waals surface area (Å²) in [6, 6.07) is 20.9. The van der Waals surface area contributed by atoms with Crippen molar-refractivity contribution in [3.05, 3.63) is 72.8 Å². The highest BCUT2D eigenvalue weighted by Crippen LogP contribution is 2.36. The van der Waals surface area contributed by atoms with Crippen LogP contribution in [-0.2, 0) is 14.0 Å². The summed E-state index contributed by atoms with van der Waals surface area (Å²) in [5.74, 6) is -0.293. The van der Waals surface area contributed by atoms with Gasteiger partial charge in [0.15, 0.2) is 0 Å². The number of rotatable bonds is 10. The lowest BCUT2D eigenvalue weighted by Gasteiger charge is -2.43. The molecule has 1 N–H and O–H groups in total. The zero-order chi connectivity index (χ0) is 22.0. The molecule has 0 fully saturated rings. The van der Waals surface area contributed by atoms with E-state index in [-0.39, 0.29) is 24.2 Å². The first-order valence-corrected chi connectivity index (χ1v) is 12.4. The van der Waals surface area contributed by atoms with Crippen LogP contribution in [0.1, 0.15) is 40.5 Å². The van der Waals surface area contributed by atoms with E-state index in [2.05, 4.69) is 69.3 Å². The molecule has 5 heteroatoms. The Balaban J connectivity index is 2.16. The van der Waals surface area contributed by atoms with Crippen molar-refractivity contribution in [1.29, 1.82) is 0 Å². The molecule has 1 atom stereocenters. The molecule has 0 amide bonds. The number of allylic oxidation sites excluding steroid dienone is 1. The highest BCUT2D eigenvalue weighted by Gasteiger charge is 2.50. The normalized spacial score (nSPS) is 13.4. The van der Waals surface area contributed by atoms with E-state index < -0.39 is 14.4 Å². The molecule has 2 rings (SSSR count). The highest BCUT2D eigenvalue weighted by molar-refractivity contribution is 6.99. The first kappa shape index (κ1) is 24.1. The molecule has 0 unspecified atom stereocenters. The molecule has 30 heavy (non-hydrogen) atoms. The highest BCUT2D eigenvalue weighted by atomic mass is 28.4. The lowest BCUT2D eigenvalue weighted by atomic mass is 10.2. The summed E-state index contributed by atoms with van der Waals surface area (Å²) in [7, 11) is -2.62. The molecule has 2 aromatic rings. The molecular formula is C25H34O4Si. The smallest absolute Gasteiger partial charge is 0.302 e. The third-order valence-electron chi connectivity index (χ3n) is 5.13. The van der Waals surface area contributed by atoms with Crippen molar-refractivity contribution in [1.82, 2.24) is 0 Å². The first-order chi connectivity index (χ1) is 14.3. The first-order valence-electron chi connectivity index (χ1n) is 10.5. The van der Waals surface area contributed by atoms with Crippen LogP contribution in [0, 0.1) is 0 Å². The molecule has 0 heterocycles. The number of hydrogen-bond acceptors (Lipinski definition) is 4. The van der Waals surface area contributed by atoms with Gasteiger partial charge in [-0.1, -0.05) is 93.6 Å². The van der Waals surface area contributed by atoms with E-state index in [0.29, 0.717) is 12.8 Å². The van der Waals surface area contributed by atoms with Crippen molar-refractivity contribution in [2.45, 2.75) is 51.7 Å². The fourth-order valence-electron chi connectivity index (χ4n) is 3.71. The molecule has 0 saturated carbocycles. The number of carbonyl (C=O) groups excluding carboxylic acids is 1. The topological polar surface area (TPSA) is 55.8 Å². The van der Waals surface area contributed by atoms with Crippen LogP contribution in [0.2, 0.25) is 5.04 Å². The molecule has 0 aliphatic heterocycles. The fourth-order valence-corrected chi connectivity index (χ4v) is 8.30. The predicted molar refractivity (Wildman–Crippen MR) is 125 cm³/mol. The minimum Gasteiger partial charge on any atom is -0.462 e. The van der Waals surface area contributed by atoms with Crippen LogP contribution in [0.4, 0.5) is 0 Å². The summed E-state index contributed by atoms with van der Waals surface area (Å²) in [5, 5.41) is 12.9. The molecule has 0 aromatic heterocycles. The molecule has 0 saturated heterocycles. The number of esters is 1. The van der Waals surface area contributed by atoms with Crippen LogP contribution in [0.3, 0.4) is 0 Å². The maximum absolute atomic E-state index is 10.8. The number of benzene rings is 2. The van der Waals surface area contributed by atoms with Gasteiger partial charge in [-0.05, 0) is 28.3 Å². The van der Waals surface area contributed by atoms with Crippen LogP contribution in [-0.4, -0.2) is 38.7 Å². The van der Waals surface area contributed by atoms with Gasteiger partial charge in [0.05, 0.1) is 12.7 Å². The number of carbonyl (C=O) groups is 1. The Labute approximate surface area is 181 Å². The van der Waals surface area contributed by atoms with Crippen molar-refractivity contribution >= 4 is 24.7 Å². The Morgan fingerprint density at radius 1 is 1.00 bits per heavy atom. The van der Waals surface area contributed by atoms with Gasteiger partial charge in [-0.3, -0.25) is 4.79 Å². The second-order valence-corrected chi connectivity index (χ2v) is 12.8. The molecule has 0 bridgehead atoms. The van der Waals surface area contributed by atoms with Crippen molar-refractivity contribution in [2.24, 2.45) is 0 Å². The SMILES string of the molecule is CC(=O)OC/C=C/CC[C@H](O)CO[Si](c1ccccc1)(c1ccccc1)C(C)(C)C. The van der Waals surface area contributed by atoms with Crippen LogP contribution in [0.25, 0.3) is 0 Å². The minimum absolute atomic E-state index is 0.112. The summed E-state index contributed by atoms with van der Waals surface area (Å²) in [5.41, 5.74) is 0. The Morgan fingerprint density at radius 2 is 1.53 bits per heavy atom. The summed E-state index contributed by atoms with van der Waals surface area (Å²) in [6.45, 7) is 8.62. The van der Waals surface area contributed by atoms with Gasteiger partial charge in [-0.25, -0.2) is 0 Å². The number of aliphatic hydroxyl groups excluding tert-OH is 1. The van der Waals surface area contributed by atoms with Crippen molar-refractivity contribution < 1.29 is 19.1 Å². The third-order valence-corrected chi connectivity index (χ3v) is 10.1. The molecule has 4 nitrogen and oxygen atoms in total. The molecule has 0 spiro atoms. The molecular weight excluding hydrogens is 392 g/mol. The second kappa shape index (κ2) is 11.3. The van der Waals surface area contributed by atoms with E-state index in [1.165, 1.54) is 17.3 Å². The molecule has 162 valence electrons. The van der Waals surface area contributed by atoms with Crippen molar-refractivity contribution in [3.8, 4) is 0 Å². The van der Waals surface area contributed by atoms with Gasteiger partial charge < -0.3 is 14.3 Å². The Bertz CT molecular complexity index is 757. The van der Waals surface area contributed by atoms with Gasteiger partial charge in [0.2, 0.25) is 0 Å². The summed E-state index contributed by atoms with van der Waals surface area (Å²) in [4.78, 5) is 10.8. The molecule has 2 aromatic carbocycles. The molecule has 0 aliphatic rings. The fraction of sp³-hybridized carbons (Fsp3) is 0.400. The Hall–Kier alpha value is -2.21. The summed E-state index contributed by atoms with van der Waals surface area (Å²) >= 11 is 0. The van der Waals surface area contributed by atoms with Crippen LogP contribution >= 0.6 is 0 Å². The monoisotopic (exact) mass is 426 g/mol. The van der Waals surface area contributed by atoms with E-state index in [4.69, 9.17) is 9.16 Å². The average molecular weight is 427 g/mol. The predicted octanol–water partition coefficient (Wildman–Crippen LogP) is 3.82. The van der Waals surface area contributed by atoms with Gasteiger partial charge in [-0.15, -0.1) is 0 Å². The second-order valence-electron chi connectivity index (χ2n) is 8.48. The van der Waals surface area contributed by atoms with Gasteiger partial charge in [0.25, 0.3) is 8.32 Å². The van der Waals surface area contributed by atoms with Gasteiger partial charge in [0.1, 0.15) is 6.61 Å². The Morgan fingerprint density at radius 3 is 2.00 bits per heavy atom. The maximum atomic E-state index is 10.8. The van der Waals surface area contributed by atoms with Crippen LogP contribution < -0.4 is 10.4 Å². The zero-order valence-electron chi connectivity index (χ0n) is 18.5. The van der Waals surface area contributed by atoms with Crippen LogP contribution in [0.15, 0.2) is 72.8 Å². The largest absolute Gasteiger partial charge is 0.462 e. The van der Waals surface area contributed by atoms with E-state index in [0.717, 1.165) is 0 Å². The third kappa shape index (κ3) is 6.39. The lowest BCUT2D eigenvalue weighted by Crippen LogP contribution is -2.67. The van der Waals surface area contributed by atoms with Crippen LogP contribution in [0.5, 0.6) is 0 Å². The standard InChI is InChI=1S/C25H34O4Si/c1-21(26)28-19-13-7-8-14-22(27)20-29-30(25(2,3)4,23-15-9-5-10-16-23)24-17-11-6-12-18-24/h5-7,9-13,15-18,22,27H,8,14,19-20H2,1-4H3/b13-7+/t22-/m0/s1. The van der Waals surface area contributed by atoms with Gasteiger partial charge in [0, 0.05) is 6.92 Å². The summed E-state index contributed by atoms with van der Waals surface area (Å²) < 4.78 is 11.6. The minimum atomic E-state index is -2.62. The van der Waals surface area contributed by atoms with Crippen molar-refractivity contribution in [2.75, 3.05) is 13.2 Å². The average Bonchev–Trinajstić information content (AvgIpc) is 2.71. The van der Waals surface area contributed by atoms with Gasteiger partial charge >= 0.3 is 5.97 Å². The van der Waals surface area contributed by atoms with Gasteiger partial charge in [-0.2, -0.15) is 0 Å². The quantitative estimate of drug-likeness (QED) is 0.356. The van der Waals surface area contributed by atoms with E-state index in [1.54, 1.807) is 6.08 Å². The van der Waals surface area contributed by atoms with E-state index in [9.17, 15) is 9.90 Å². The molecule has 0 radical (unpaired) electrons.